The molecule has 4 heteroatoms. The van der Waals surface area contributed by atoms with Crippen LogP contribution in [0.1, 0.15) is 12.8 Å². The molecule has 0 bridgehead atoms. The van der Waals surface area contributed by atoms with E-state index in [2.05, 4.69) is 20.8 Å². The third-order valence-corrected chi connectivity index (χ3v) is 3.41. The first-order valence-corrected chi connectivity index (χ1v) is 6.35. The standard InChI is InChI=1S/C12H15BrFNO/c13-11-4-3-10(14)9-12(11)16-8-7-15-5-1-2-6-15/h3-4,9H,1-2,5-8H2. The molecule has 16 heavy (non-hydrogen) atoms. The Labute approximate surface area is 104 Å². The van der Waals surface area contributed by atoms with Gasteiger partial charge in [0.15, 0.2) is 0 Å². The number of benzene rings is 1. The quantitative estimate of drug-likeness (QED) is 0.844. The van der Waals surface area contributed by atoms with Crippen LogP contribution in [0.15, 0.2) is 22.7 Å². The highest BCUT2D eigenvalue weighted by atomic mass is 79.9. The molecule has 1 aromatic rings. The number of nitrogens with zero attached hydrogens (tertiary/aromatic N) is 1. The Kier molecular flexibility index (Phi) is 4.18. The molecule has 0 aromatic heterocycles. The van der Waals surface area contributed by atoms with Crippen LogP contribution in [0.3, 0.4) is 0 Å². The van der Waals surface area contributed by atoms with Gasteiger partial charge in [-0.1, -0.05) is 0 Å². The zero-order chi connectivity index (χ0) is 11.4. The van der Waals surface area contributed by atoms with E-state index in [1.54, 1.807) is 6.07 Å². The molecule has 0 atom stereocenters. The van der Waals surface area contributed by atoms with Crippen LogP contribution < -0.4 is 4.74 Å². The van der Waals surface area contributed by atoms with Crippen LogP contribution in [-0.2, 0) is 0 Å². The topological polar surface area (TPSA) is 12.5 Å². The predicted molar refractivity (Wildman–Crippen MR) is 65.3 cm³/mol. The van der Waals surface area contributed by atoms with Crippen LogP contribution in [0, 0.1) is 5.82 Å². The highest BCUT2D eigenvalue weighted by Gasteiger charge is 2.11. The molecule has 1 fully saturated rings. The van der Waals surface area contributed by atoms with Gasteiger partial charge in [-0.15, -0.1) is 0 Å². The lowest BCUT2D eigenvalue weighted by molar-refractivity contribution is 0.236. The summed E-state index contributed by atoms with van der Waals surface area (Å²) < 4.78 is 19.3. The number of hydrogen-bond donors (Lipinski definition) is 0. The second kappa shape index (κ2) is 5.64. The average Bonchev–Trinajstić information content (AvgIpc) is 2.76. The molecule has 0 unspecified atom stereocenters. The Hall–Kier alpha value is -0.610. The highest BCUT2D eigenvalue weighted by molar-refractivity contribution is 9.10. The van der Waals surface area contributed by atoms with E-state index in [1.807, 2.05) is 0 Å². The minimum atomic E-state index is -0.264. The summed E-state index contributed by atoms with van der Waals surface area (Å²) >= 11 is 3.34. The molecule has 2 nitrogen and oxygen atoms in total. The second-order valence-electron chi connectivity index (χ2n) is 3.97. The van der Waals surface area contributed by atoms with Crippen molar-refractivity contribution >= 4 is 15.9 Å². The van der Waals surface area contributed by atoms with Gasteiger partial charge in [-0.3, -0.25) is 4.90 Å². The van der Waals surface area contributed by atoms with Crippen LogP contribution in [-0.4, -0.2) is 31.1 Å². The van der Waals surface area contributed by atoms with Crippen LogP contribution in [0.5, 0.6) is 5.75 Å². The molecule has 88 valence electrons. The molecule has 1 aromatic carbocycles. The van der Waals surface area contributed by atoms with E-state index < -0.39 is 0 Å². The van der Waals surface area contributed by atoms with Crippen molar-refractivity contribution in [1.29, 1.82) is 0 Å². The lowest BCUT2D eigenvalue weighted by atomic mass is 10.3. The molecule has 0 aliphatic carbocycles. The summed E-state index contributed by atoms with van der Waals surface area (Å²) in [6.45, 7) is 3.85. The highest BCUT2D eigenvalue weighted by Crippen LogP contribution is 2.25. The van der Waals surface area contributed by atoms with Gasteiger partial charge < -0.3 is 4.74 Å². The van der Waals surface area contributed by atoms with Crippen molar-refractivity contribution < 1.29 is 9.13 Å². The van der Waals surface area contributed by atoms with Crippen LogP contribution in [0.25, 0.3) is 0 Å². The number of rotatable bonds is 4. The normalized spacial score (nSPS) is 16.6. The van der Waals surface area contributed by atoms with E-state index in [4.69, 9.17) is 4.74 Å². The zero-order valence-electron chi connectivity index (χ0n) is 9.09. The van der Waals surface area contributed by atoms with Crippen molar-refractivity contribution in [3.05, 3.63) is 28.5 Å². The van der Waals surface area contributed by atoms with E-state index in [1.165, 1.54) is 25.0 Å². The lowest BCUT2D eigenvalue weighted by Crippen LogP contribution is -2.25. The molecule has 0 saturated carbocycles. The molecule has 2 rings (SSSR count). The Balaban J connectivity index is 1.82. The lowest BCUT2D eigenvalue weighted by Gasteiger charge is -2.15. The van der Waals surface area contributed by atoms with Crippen molar-refractivity contribution in [2.24, 2.45) is 0 Å². The SMILES string of the molecule is Fc1ccc(Br)c(OCCN2CCCC2)c1. The van der Waals surface area contributed by atoms with Crippen molar-refractivity contribution in [3.8, 4) is 5.75 Å². The molecular weight excluding hydrogens is 273 g/mol. The van der Waals surface area contributed by atoms with Gasteiger partial charge in [0.2, 0.25) is 0 Å². The molecular formula is C12H15BrFNO. The van der Waals surface area contributed by atoms with E-state index >= 15 is 0 Å². The Morgan fingerprint density at radius 2 is 2.06 bits per heavy atom. The van der Waals surface area contributed by atoms with Crippen molar-refractivity contribution in [3.63, 3.8) is 0 Å². The molecule has 0 N–H and O–H groups in total. The van der Waals surface area contributed by atoms with Gasteiger partial charge in [-0.05, 0) is 54.0 Å². The van der Waals surface area contributed by atoms with E-state index in [0.717, 1.165) is 24.1 Å². The second-order valence-corrected chi connectivity index (χ2v) is 4.83. The Bertz CT molecular complexity index is 353. The van der Waals surface area contributed by atoms with Gasteiger partial charge in [0.05, 0.1) is 4.47 Å². The summed E-state index contributed by atoms with van der Waals surface area (Å²) in [6, 6.07) is 4.49. The Morgan fingerprint density at radius 1 is 1.31 bits per heavy atom. The van der Waals surface area contributed by atoms with Gasteiger partial charge in [0, 0.05) is 12.6 Å². The Morgan fingerprint density at radius 3 is 2.81 bits per heavy atom. The van der Waals surface area contributed by atoms with Crippen LogP contribution in [0.4, 0.5) is 4.39 Å². The molecule has 0 spiro atoms. The fourth-order valence-electron chi connectivity index (χ4n) is 1.88. The third kappa shape index (κ3) is 3.19. The summed E-state index contributed by atoms with van der Waals surface area (Å²) in [5, 5.41) is 0. The molecule has 0 amide bonds. The van der Waals surface area contributed by atoms with Gasteiger partial charge in [-0.2, -0.15) is 0 Å². The third-order valence-electron chi connectivity index (χ3n) is 2.76. The van der Waals surface area contributed by atoms with Gasteiger partial charge in [0.25, 0.3) is 0 Å². The minimum Gasteiger partial charge on any atom is -0.491 e. The van der Waals surface area contributed by atoms with Gasteiger partial charge in [0.1, 0.15) is 18.2 Å². The molecule has 1 aliphatic rings. The maximum absolute atomic E-state index is 13.0. The summed E-state index contributed by atoms with van der Waals surface area (Å²) in [6.07, 6.45) is 2.56. The number of likely N-dealkylation sites (tertiary alicyclic amines) is 1. The van der Waals surface area contributed by atoms with E-state index in [-0.39, 0.29) is 5.82 Å². The summed E-state index contributed by atoms with van der Waals surface area (Å²) in [7, 11) is 0. The zero-order valence-corrected chi connectivity index (χ0v) is 10.7. The monoisotopic (exact) mass is 287 g/mol. The van der Waals surface area contributed by atoms with Crippen molar-refractivity contribution in [2.75, 3.05) is 26.2 Å². The first-order chi connectivity index (χ1) is 7.75. The predicted octanol–water partition coefficient (Wildman–Crippen LogP) is 3.06. The number of ether oxygens (including phenoxy) is 1. The first kappa shape index (κ1) is 11.9. The maximum atomic E-state index is 13.0. The molecule has 1 heterocycles. The molecule has 0 radical (unpaired) electrons. The van der Waals surface area contributed by atoms with Crippen LogP contribution >= 0.6 is 15.9 Å². The fourth-order valence-corrected chi connectivity index (χ4v) is 2.24. The number of halogens is 2. The van der Waals surface area contributed by atoms with Crippen molar-refractivity contribution in [1.82, 2.24) is 4.90 Å². The van der Waals surface area contributed by atoms with Gasteiger partial charge in [-0.25, -0.2) is 4.39 Å². The smallest absolute Gasteiger partial charge is 0.136 e. The van der Waals surface area contributed by atoms with Crippen LogP contribution in [0.2, 0.25) is 0 Å². The minimum absolute atomic E-state index is 0.264. The van der Waals surface area contributed by atoms with Crippen molar-refractivity contribution in [2.45, 2.75) is 12.8 Å². The maximum Gasteiger partial charge on any atom is 0.136 e. The molecule has 1 aliphatic heterocycles. The van der Waals surface area contributed by atoms with Gasteiger partial charge >= 0.3 is 0 Å². The first-order valence-electron chi connectivity index (χ1n) is 5.56. The fraction of sp³-hybridized carbons (Fsp3) is 0.500. The van der Waals surface area contributed by atoms with E-state index in [0.29, 0.717) is 12.4 Å². The summed E-state index contributed by atoms with van der Waals surface area (Å²) in [5.41, 5.74) is 0. The summed E-state index contributed by atoms with van der Waals surface area (Å²) in [5.74, 6) is 0.318. The largest absolute Gasteiger partial charge is 0.491 e. The summed E-state index contributed by atoms with van der Waals surface area (Å²) in [4.78, 5) is 2.37. The van der Waals surface area contributed by atoms with E-state index in [9.17, 15) is 4.39 Å². The number of hydrogen-bond acceptors (Lipinski definition) is 2. The molecule has 1 saturated heterocycles. The average molecular weight is 288 g/mol.